The van der Waals surface area contributed by atoms with Gasteiger partial charge < -0.3 is 5.32 Å². The summed E-state index contributed by atoms with van der Waals surface area (Å²) in [6, 6.07) is 1.70. The molecule has 0 spiro atoms. The molecular weight excluding hydrogens is 220 g/mol. The molecular formula is C16H30N2. The van der Waals surface area contributed by atoms with Crippen LogP contribution in [0, 0.1) is 11.8 Å². The maximum atomic E-state index is 3.75. The highest BCUT2D eigenvalue weighted by Gasteiger charge is 2.37. The van der Waals surface area contributed by atoms with Crippen LogP contribution in [0.5, 0.6) is 0 Å². The van der Waals surface area contributed by atoms with Crippen LogP contribution in [0.1, 0.15) is 58.3 Å². The van der Waals surface area contributed by atoms with E-state index in [-0.39, 0.29) is 0 Å². The van der Waals surface area contributed by atoms with E-state index in [9.17, 15) is 0 Å². The zero-order chi connectivity index (χ0) is 12.4. The molecule has 2 nitrogen and oxygen atoms in total. The van der Waals surface area contributed by atoms with Gasteiger partial charge in [-0.3, -0.25) is 4.90 Å². The third-order valence-electron chi connectivity index (χ3n) is 5.51. The lowest BCUT2D eigenvalue weighted by Crippen LogP contribution is -2.56. The fraction of sp³-hybridized carbons (Fsp3) is 1.00. The van der Waals surface area contributed by atoms with Crippen molar-refractivity contribution in [2.45, 2.75) is 70.4 Å². The van der Waals surface area contributed by atoms with Crippen molar-refractivity contribution < 1.29 is 0 Å². The van der Waals surface area contributed by atoms with Crippen molar-refractivity contribution in [3.05, 3.63) is 0 Å². The zero-order valence-corrected chi connectivity index (χ0v) is 12.0. The van der Waals surface area contributed by atoms with Crippen LogP contribution in [0.15, 0.2) is 0 Å². The molecule has 0 radical (unpaired) electrons. The number of nitrogens with one attached hydrogen (secondary N) is 1. The molecule has 1 N–H and O–H groups in total. The molecule has 18 heavy (non-hydrogen) atoms. The Labute approximate surface area is 113 Å². The van der Waals surface area contributed by atoms with Gasteiger partial charge in [0.05, 0.1) is 0 Å². The Bertz CT molecular complexity index is 256. The lowest BCUT2D eigenvalue weighted by atomic mass is 9.82. The molecule has 1 aliphatic heterocycles. The van der Waals surface area contributed by atoms with Crippen molar-refractivity contribution in [1.82, 2.24) is 10.2 Å². The highest BCUT2D eigenvalue weighted by molar-refractivity contribution is 4.94. The molecule has 0 amide bonds. The van der Waals surface area contributed by atoms with Crippen LogP contribution in [0.3, 0.4) is 0 Å². The summed E-state index contributed by atoms with van der Waals surface area (Å²) in [6.07, 6.45) is 11.8. The van der Waals surface area contributed by atoms with Crippen molar-refractivity contribution in [3.63, 3.8) is 0 Å². The van der Waals surface area contributed by atoms with Gasteiger partial charge in [0.2, 0.25) is 0 Å². The average molecular weight is 250 g/mol. The molecule has 3 aliphatic rings. The minimum Gasteiger partial charge on any atom is -0.311 e. The maximum Gasteiger partial charge on any atom is 0.0223 e. The van der Waals surface area contributed by atoms with Gasteiger partial charge in [-0.25, -0.2) is 0 Å². The molecule has 2 aliphatic carbocycles. The molecule has 0 aromatic heterocycles. The van der Waals surface area contributed by atoms with Gasteiger partial charge in [0.1, 0.15) is 0 Å². The predicted octanol–water partition coefficient (Wildman–Crippen LogP) is 3.03. The van der Waals surface area contributed by atoms with Gasteiger partial charge in [0, 0.05) is 31.7 Å². The Balaban J connectivity index is 1.58. The van der Waals surface area contributed by atoms with Crippen molar-refractivity contribution in [2.75, 3.05) is 19.6 Å². The van der Waals surface area contributed by atoms with E-state index in [0.29, 0.717) is 0 Å². The fourth-order valence-corrected chi connectivity index (χ4v) is 4.33. The second-order valence-corrected chi connectivity index (χ2v) is 6.77. The van der Waals surface area contributed by atoms with Crippen LogP contribution in [0.4, 0.5) is 0 Å². The minimum atomic E-state index is 0.816. The standard InChI is InChI=1S/C16H30N2/c1-2-16(14-6-4-3-5-7-14)18-11-10-17-15(12-18)13-8-9-13/h13-17H,2-12H2,1H3. The van der Waals surface area contributed by atoms with E-state index >= 15 is 0 Å². The second-order valence-electron chi connectivity index (χ2n) is 6.77. The number of nitrogens with zero attached hydrogens (tertiary/aromatic N) is 1. The lowest BCUT2D eigenvalue weighted by Gasteiger charge is -2.43. The number of hydrogen-bond donors (Lipinski definition) is 1. The van der Waals surface area contributed by atoms with Gasteiger partial charge in [-0.05, 0) is 43.9 Å². The smallest absolute Gasteiger partial charge is 0.0223 e. The Morgan fingerprint density at radius 1 is 1.11 bits per heavy atom. The molecule has 2 heteroatoms. The lowest BCUT2D eigenvalue weighted by molar-refractivity contribution is 0.0785. The maximum absolute atomic E-state index is 3.75. The van der Waals surface area contributed by atoms with Gasteiger partial charge in [-0.2, -0.15) is 0 Å². The number of hydrogen-bond acceptors (Lipinski definition) is 2. The van der Waals surface area contributed by atoms with E-state index in [4.69, 9.17) is 0 Å². The third-order valence-corrected chi connectivity index (χ3v) is 5.51. The summed E-state index contributed by atoms with van der Waals surface area (Å²) in [5, 5.41) is 3.75. The van der Waals surface area contributed by atoms with E-state index in [2.05, 4.69) is 17.1 Å². The Morgan fingerprint density at radius 3 is 2.56 bits per heavy atom. The molecule has 0 aromatic rings. The molecule has 0 bridgehead atoms. The number of rotatable bonds is 4. The van der Waals surface area contributed by atoms with E-state index < -0.39 is 0 Å². The monoisotopic (exact) mass is 250 g/mol. The summed E-state index contributed by atoms with van der Waals surface area (Å²) >= 11 is 0. The highest BCUT2D eigenvalue weighted by Crippen LogP contribution is 2.36. The second kappa shape index (κ2) is 5.92. The summed E-state index contributed by atoms with van der Waals surface area (Å²) in [4.78, 5) is 2.84. The van der Waals surface area contributed by atoms with E-state index in [0.717, 1.165) is 23.9 Å². The van der Waals surface area contributed by atoms with Crippen LogP contribution in [-0.4, -0.2) is 36.6 Å². The first-order chi connectivity index (χ1) is 8.88. The van der Waals surface area contributed by atoms with Crippen LogP contribution < -0.4 is 5.32 Å². The predicted molar refractivity (Wildman–Crippen MR) is 76.7 cm³/mol. The van der Waals surface area contributed by atoms with Crippen LogP contribution in [0.2, 0.25) is 0 Å². The Morgan fingerprint density at radius 2 is 1.89 bits per heavy atom. The molecule has 1 saturated heterocycles. The first-order valence-electron chi connectivity index (χ1n) is 8.36. The highest BCUT2D eigenvalue weighted by atomic mass is 15.2. The normalized spacial score (nSPS) is 33.5. The van der Waals surface area contributed by atoms with Crippen LogP contribution in [-0.2, 0) is 0 Å². The van der Waals surface area contributed by atoms with Gasteiger partial charge >= 0.3 is 0 Å². The van der Waals surface area contributed by atoms with Crippen LogP contribution in [0.25, 0.3) is 0 Å². The van der Waals surface area contributed by atoms with Crippen molar-refractivity contribution in [2.24, 2.45) is 11.8 Å². The topological polar surface area (TPSA) is 15.3 Å². The molecule has 3 fully saturated rings. The molecule has 2 unspecified atom stereocenters. The van der Waals surface area contributed by atoms with Gasteiger partial charge in [-0.15, -0.1) is 0 Å². The Hall–Kier alpha value is -0.0800. The molecule has 0 aromatic carbocycles. The van der Waals surface area contributed by atoms with E-state index in [1.165, 1.54) is 71.0 Å². The van der Waals surface area contributed by atoms with Gasteiger partial charge in [0.15, 0.2) is 0 Å². The fourth-order valence-electron chi connectivity index (χ4n) is 4.33. The molecule has 3 rings (SSSR count). The van der Waals surface area contributed by atoms with Gasteiger partial charge in [0.25, 0.3) is 0 Å². The van der Waals surface area contributed by atoms with Crippen molar-refractivity contribution in [3.8, 4) is 0 Å². The molecule has 104 valence electrons. The SMILES string of the molecule is CCC(C1CCCCC1)N1CCNC(C2CC2)C1. The third kappa shape index (κ3) is 2.91. The molecule has 2 saturated carbocycles. The molecule has 2 atom stereocenters. The summed E-state index contributed by atoms with van der Waals surface area (Å²) in [5.41, 5.74) is 0. The van der Waals surface area contributed by atoms with Crippen molar-refractivity contribution >= 4 is 0 Å². The largest absolute Gasteiger partial charge is 0.311 e. The summed E-state index contributed by atoms with van der Waals surface area (Å²) in [5.74, 6) is 2.01. The van der Waals surface area contributed by atoms with Crippen LogP contribution >= 0.6 is 0 Å². The van der Waals surface area contributed by atoms with E-state index in [1.807, 2.05) is 0 Å². The molecule has 1 heterocycles. The summed E-state index contributed by atoms with van der Waals surface area (Å²) < 4.78 is 0. The summed E-state index contributed by atoms with van der Waals surface area (Å²) in [6.45, 7) is 6.26. The quantitative estimate of drug-likeness (QED) is 0.825. The zero-order valence-electron chi connectivity index (χ0n) is 12.0. The first-order valence-corrected chi connectivity index (χ1v) is 8.36. The first kappa shape index (κ1) is 12.9. The van der Waals surface area contributed by atoms with Crippen molar-refractivity contribution in [1.29, 1.82) is 0 Å². The minimum absolute atomic E-state index is 0.816. The summed E-state index contributed by atoms with van der Waals surface area (Å²) in [7, 11) is 0. The average Bonchev–Trinajstić information content (AvgIpc) is 3.26. The van der Waals surface area contributed by atoms with Gasteiger partial charge in [-0.1, -0.05) is 26.2 Å². The van der Waals surface area contributed by atoms with E-state index in [1.54, 1.807) is 0 Å². The Kier molecular flexibility index (Phi) is 4.25. The number of piperazine rings is 1.